The van der Waals surface area contributed by atoms with Crippen molar-refractivity contribution in [3.8, 4) is 0 Å². The lowest BCUT2D eigenvalue weighted by Gasteiger charge is -2.31. The van der Waals surface area contributed by atoms with Crippen molar-refractivity contribution >= 4 is 24.2 Å². The van der Waals surface area contributed by atoms with Crippen molar-refractivity contribution in [2.45, 2.75) is 39.2 Å². The van der Waals surface area contributed by atoms with Crippen LogP contribution in [0.3, 0.4) is 0 Å². The third-order valence-electron chi connectivity index (χ3n) is 5.33. The summed E-state index contributed by atoms with van der Waals surface area (Å²) in [5, 5.41) is 3.40. The minimum absolute atomic E-state index is 0. The molecule has 0 aliphatic carbocycles. The molecule has 5 nitrogen and oxygen atoms in total. The van der Waals surface area contributed by atoms with Gasteiger partial charge >= 0.3 is 0 Å². The van der Waals surface area contributed by atoms with E-state index in [1.807, 2.05) is 41.0 Å². The number of nitrogens with one attached hydrogen (secondary N) is 1. The molecule has 2 atom stereocenters. The van der Waals surface area contributed by atoms with Crippen LogP contribution < -0.4 is 5.32 Å². The number of aryl methyl sites for hydroxylation is 1. The van der Waals surface area contributed by atoms with Crippen LogP contribution in [0.15, 0.2) is 24.3 Å². The lowest BCUT2D eigenvalue weighted by molar-refractivity contribution is -0.136. The second-order valence-electron chi connectivity index (χ2n) is 7.42. The van der Waals surface area contributed by atoms with Gasteiger partial charge in [-0.25, -0.2) is 0 Å². The molecule has 1 aromatic rings. The second-order valence-corrected chi connectivity index (χ2v) is 7.42. The van der Waals surface area contributed by atoms with Crippen molar-refractivity contribution in [1.29, 1.82) is 0 Å². The highest BCUT2D eigenvalue weighted by atomic mass is 35.5. The van der Waals surface area contributed by atoms with E-state index in [1.54, 1.807) is 0 Å². The molecule has 2 fully saturated rings. The number of rotatable bonds is 2. The fourth-order valence-corrected chi connectivity index (χ4v) is 3.92. The number of halogens is 1. The quantitative estimate of drug-likeness (QED) is 0.858. The third kappa shape index (κ3) is 4.98. The number of benzene rings is 1. The van der Waals surface area contributed by atoms with Crippen molar-refractivity contribution in [2.24, 2.45) is 5.92 Å². The molecule has 0 radical (unpaired) electrons. The summed E-state index contributed by atoms with van der Waals surface area (Å²) < 4.78 is 0. The van der Waals surface area contributed by atoms with E-state index in [-0.39, 0.29) is 30.1 Å². The van der Waals surface area contributed by atoms with E-state index in [4.69, 9.17) is 0 Å². The molecule has 1 aromatic carbocycles. The zero-order valence-corrected chi connectivity index (χ0v) is 16.6. The summed E-state index contributed by atoms with van der Waals surface area (Å²) in [7, 11) is 0. The first-order chi connectivity index (χ1) is 12.0. The Hall–Kier alpha value is -1.59. The maximum atomic E-state index is 12.8. The van der Waals surface area contributed by atoms with Gasteiger partial charge < -0.3 is 15.1 Å². The van der Waals surface area contributed by atoms with Crippen molar-refractivity contribution in [3.05, 3.63) is 35.4 Å². The number of hydrogen-bond acceptors (Lipinski definition) is 3. The summed E-state index contributed by atoms with van der Waals surface area (Å²) in [5.41, 5.74) is 1.84. The van der Waals surface area contributed by atoms with Gasteiger partial charge in [0.05, 0.1) is 0 Å². The van der Waals surface area contributed by atoms with E-state index in [0.29, 0.717) is 19.1 Å². The molecule has 144 valence electrons. The number of carbonyl (C=O) groups excluding carboxylic acids is 2. The number of nitrogens with zero attached hydrogens (tertiary/aromatic N) is 2. The van der Waals surface area contributed by atoms with Crippen LogP contribution in [0.2, 0.25) is 0 Å². The number of amides is 2. The average Bonchev–Trinajstić information content (AvgIpc) is 2.86. The van der Waals surface area contributed by atoms with Gasteiger partial charge in [-0.15, -0.1) is 12.4 Å². The minimum atomic E-state index is 0. The Labute approximate surface area is 162 Å². The molecule has 0 spiro atoms. The molecule has 2 heterocycles. The van der Waals surface area contributed by atoms with Crippen LogP contribution in [0.5, 0.6) is 0 Å². The maximum absolute atomic E-state index is 12.8. The smallest absolute Gasteiger partial charge is 0.253 e. The molecule has 0 bridgehead atoms. The van der Waals surface area contributed by atoms with Gasteiger partial charge in [-0.2, -0.15) is 0 Å². The average molecular weight is 380 g/mol. The predicted molar refractivity (Wildman–Crippen MR) is 106 cm³/mol. The molecule has 6 heteroatoms. The van der Waals surface area contributed by atoms with Crippen molar-refractivity contribution in [3.63, 3.8) is 0 Å². The van der Waals surface area contributed by atoms with Crippen LogP contribution in [-0.4, -0.2) is 60.4 Å². The van der Waals surface area contributed by atoms with Crippen LogP contribution >= 0.6 is 12.4 Å². The lowest BCUT2D eigenvalue weighted by atomic mass is 9.92. The van der Waals surface area contributed by atoms with Crippen LogP contribution in [0, 0.1) is 12.8 Å². The van der Waals surface area contributed by atoms with E-state index in [9.17, 15) is 9.59 Å². The first kappa shape index (κ1) is 20.7. The van der Waals surface area contributed by atoms with Gasteiger partial charge in [-0.05, 0) is 51.8 Å². The molecule has 1 N–H and O–H groups in total. The summed E-state index contributed by atoms with van der Waals surface area (Å²) in [6, 6.07) is 8.15. The molecule has 26 heavy (non-hydrogen) atoms. The van der Waals surface area contributed by atoms with E-state index in [1.165, 1.54) is 0 Å². The van der Waals surface area contributed by atoms with Gasteiger partial charge in [0.1, 0.15) is 0 Å². The molecule has 2 amide bonds. The molecular weight excluding hydrogens is 350 g/mol. The zero-order chi connectivity index (χ0) is 17.8. The normalized spacial score (nSPS) is 23.8. The Kier molecular flexibility index (Phi) is 7.47. The third-order valence-corrected chi connectivity index (χ3v) is 5.33. The Balaban J connectivity index is 0.00000243. The lowest BCUT2D eigenvalue weighted by Crippen LogP contribution is -2.45. The van der Waals surface area contributed by atoms with Crippen molar-refractivity contribution < 1.29 is 9.59 Å². The molecule has 0 unspecified atom stereocenters. The van der Waals surface area contributed by atoms with E-state index in [2.05, 4.69) is 12.2 Å². The second kappa shape index (κ2) is 9.38. The van der Waals surface area contributed by atoms with Gasteiger partial charge in [0.15, 0.2) is 0 Å². The summed E-state index contributed by atoms with van der Waals surface area (Å²) in [6.07, 6.45) is 2.69. The van der Waals surface area contributed by atoms with Gasteiger partial charge in [0.25, 0.3) is 5.91 Å². The minimum Gasteiger partial charge on any atom is -0.341 e. The number of hydrogen-bond donors (Lipinski definition) is 1. The highest BCUT2D eigenvalue weighted by molar-refractivity contribution is 5.94. The predicted octanol–water partition coefficient (Wildman–Crippen LogP) is 2.48. The van der Waals surface area contributed by atoms with Gasteiger partial charge in [0, 0.05) is 43.7 Å². The van der Waals surface area contributed by atoms with E-state index in [0.717, 1.165) is 50.0 Å². The highest BCUT2D eigenvalue weighted by Crippen LogP contribution is 2.20. The Bertz CT molecular complexity index is 637. The first-order valence-electron chi connectivity index (χ1n) is 9.42. The number of piperidine rings is 1. The molecule has 0 aromatic heterocycles. The molecule has 2 aliphatic rings. The highest BCUT2D eigenvalue weighted by Gasteiger charge is 2.30. The van der Waals surface area contributed by atoms with Crippen LogP contribution in [0.1, 0.15) is 42.1 Å². The molecular formula is C20H30ClN3O2. The van der Waals surface area contributed by atoms with Crippen LogP contribution in [0.4, 0.5) is 0 Å². The summed E-state index contributed by atoms with van der Waals surface area (Å²) in [4.78, 5) is 29.5. The van der Waals surface area contributed by atoms with Gasteiger partial charge in [-0.1, -0.05) is 17.7 Å². The largest absolute Gasteiger partial charge is 0.341 e. The summed E-state index contributed by atoms with van der Waals surface area (Å²) in [6.45, 7) is 7.81. The SMILES string of the molecule is Cc1cccc(C(=O)N2CCCN(C(=O)[C@H]3CCN[C@@H](C)C3)CC2)c1.Cl. The number of carbonyl (C=O) groups is 2. The monoisotopic (exact) mass is 379 g/mol. The molecule has 2 saturated heterocycles. The van der Waals surface area contributed by atoms with Crippen LogP contribution in [-0.2, 0) is 4.79 Å². The van der Waals surface area contributed by atoms with Gasteiger partial charge in [0.2, 0.25) is 5.91 Å². The topological polar surface area (TPSA) is 52.7 Å². The fourth-order valence-electron chi connectivity index (χ4n) is 3.92. The Morgan fingerprint density at radius 1 is 1.12 bits per heavy atom. The fraction of sp³-hybridized carbons (Fsp3) is 0.600. The van der Waals surface area contributed by atoms with Crippen LogP contribution in [0.25, 0.3) is 0 Å². The Morgan fingerprint density at radius 2 is 1.85 bits per heavy atom. The summed E-state index contributed by atoms with van der Waals surface area (Å²) >= 11 is 0. The Morgan fingerprint density at radius 3 is 2.58 bits per heavy atom. The van der Waals surface area contributed by atoms with E-state index >= 15 is 0 Å². The molecule has 2 aliphatic heterocycles. The molecule has 3 rings (SSSR count). The van der Waals surface area contributed by atoms with Gasteiger partial charge in [-0.3, -0.25) is 9.59 Å². The van der Waals surface area contributed by atoms with Crippen molar-refractivity contribution in [1.82, 2.24) is 15.1 Å². The standard InChI is InChI=1S/C20H29N3O2.ClH/c1-15-5-3-6-17(13-15)19(24)22-9-4-10-23(12-11-22)20(25)18-7-8-21-16(2)14-18;/h3,5-6,13,16,18,21H,4,7-12,14H2,1-2H3;1H/t16-,18-;/m0./s1. The van der Waals surface area contributed by atoms with E-state index < -0.39 is 0 Å². The van der Waals surface area contributed by atoms with Crippen molar-refractivity contribution in [2.75, 3.05) is 32.7 Å². The molecule has 0 saturated carbocycles. The maximum Gasteiger partial charge on any atom is 0.253 e. The first-order valence-corrected chi connectivity index (χ1v) is 9.42. The summed E-state index contributed by atoms with van der Waals surface area (Å²) in [5.74, 6) is 0.488. The zero-order valence-electron chi connectivity index (χ0n) is 15.7.